The van der Waals surface area contributed by atoms with Crippen molar-refractivity contribution in [2.75, 3.05) is 11.5 Å². The summed E-state index contributed by atoms with van der Waals surface area (Å²) in [6, 6.07) is 3.62. The van der Waals surface area contributed by atoms with Crippen molar-refractivity contribution in [2.24, 2.45) is 0 Å². The van der Waals surface area contributed by atoms with Gasteiger partial charge in [-0.3, -0.25) is 4.79 Å². The van der Waals surface area contributed by atoms with Gasteiger partial charge in [-0.1, -0.05) is 25.6 Å². The Morgan fingerprint density at radius 2 is 2.30 bits per heavy atom. The number of anilines is 1. The highest BCUT2D eigenvalue weighted by atomic mass is 32.2. The second kappa shape index (κ2) is 7.37. The number of fused-ring (bicyclic) bond motifs is 3. The first kappa shape index (κ1) is 18.6. The summed E-state index contributed by atoms with van der Waals surface area (Å²) < 4.78 is 5.40. The van der Waals surface area contributed by atoms with Crippen LogP contribution in [0.3, 0.4) is 0 Å². The number of carbonyl (C=O) groups excluding carboxylic acids is 1. The van der Waals surface area contributed by atoms with E-state index in [1.54, 1.807) is 23.7 Å². The average Bonchev–Trinajstić information content (AvgIpc) is 3.24. The maximum Gasteiger partial charge on any atom is 0.230 e. The van der Waals surface area contributed by atoms with E-state index < -0.39 is 0 Å². The molecule has 0 aromatic carbocycles. The second-order valence-electron chi connectivity index (χ2n) is 6.95. The molecule has 1 aliphatic rings. The van der Waals surface area contributed by atoms with Crippen molar-refractivity contribution in [3.05, 3.63) is 34.6 Å². The van der Waals surface area contributed by atoms with Crippen LogP contribution in [0.2, 0.25) is 0 Å². The number of aromatic nitrogens is 2. The molecular formula is C18H20N4O2S3. The first-order valence-corrected chi connectivity index (χ1v) is 11.3. The van der Waals surface area contributed by atoms with Crippen LogP contribution in [-0.2, 0) is 23.5 Å². The predicted octanol–water partition coefficient (Wildman–Crippen LogP) is 3.84. The molecule has 1 amide bonds. The molecule has 0 saturated carbocycles. The van der Waals surface area contributed by atoms with Crippen LogP contribution in [0.15, 0.2) is 28.0 Å². The van der Waals surface area contributed by atoms with Crippen molar-refractivity contribution in [3.8, 4) is 0 Å². The number of nitrogens with two attached hydrogens (primary N) is 1. The molecule has 0 aliphatic carbocycles. The van der Waals surface area contributed by atoms with E-state index in [1.165, 1.54) is 22.2 Å². The third-order valence-electron chi connectivity index (χ3n) is 4.31. The van der Waals surface area contributed by atoms with Gasteiger partial charge in [-0.05, 0) is 24.1 Å². The summed E-state index contributed by atoms with van der Waals surface area (Å²) in [5.41, 5.74) is 7.56. The SMILES string of the molecule is CC1(C)Cc2c(sc3nc(SCC(=O)NCc4ccco4)nc(N)c23)CS1. The van der Waals surface area contributed by atoms with Crippen LogP contribution in [0.1, 0.15) is 30.0 Å². The molecule has 0 saturated heterocycles. The van der Waals surface area contributed by atoms with Gasteiger partial charge in [-0.2, -0.15) is 0 Å². The number of thioether (sulfide) groups is 2. The van der Waals surface area contributed by atoms with Gasteiger partial charge in [0.2, 0.25) is 5.91 Å². The fraction of sp³-hybridized carbons (Fsp3) is 0.389. The Morgan fingerprint density at radius 1 is 1.44 bits per heavy atom. The van der Waals surface area contributed by atoms with E-state index in [4.69, 9.17) is 10.2 Å². The zero-order valence-electron chi connectivity index (χ0n) is 15.1. The van der Waals surface area contributed by atoms with Crippen LogP contribution in [0.5, 0.6) is 0 Å². The van der Waals surface area contributed by atoms with Gasteiger partial charge in [-0.25, -0.2) is 9.97 Å². The van der Waals surface area contributed by atoms with E-state index in [9.17, 15) is 4.79 Å². The molecule has 0 radical (unpaired) electrons. The number of amides is 1. The Morgan fingerprint density at radius 3 is 3.07 bits per heavy atom. The van der Waals surface area contributed by atoms with Gasteiger partial charge in [0.15, 0.2) is 5.16 Å². The molecule has 6 nitrogen and oxygen atoms in total. The molecule has 3 aromatic heterocycles. The lowest BCUT2D eigenvalue weighted by Crippen LogP contribution is -2.24. The van der Waals surface area contributed by atoms with Crippen molar-refractivity contribution >= 4 is 56.8 Å². The maximum atomic E-state index is 12.0. The minimum Gasteiger partial charge on any atom is -0.467 e. The largest absolute Gasteiger partial charge is 0.467 e. The number of thiophene rings is 1. The quantitative estimate of drug-likeness (QED) is 0.478. The summed E-state index contributed by atoms with van der Waals surface area (Å²) in [6.07, 6.45) is 2.56. The molecule has 3 N–H and O–H groups in total. The van der Waals surface area contributed by atoms with Crippen molar-refractivity contribution in [2.45, 2.75) is 42.5 Å². The van der Waals surface area contributed by atoms with Crippen LogP contribution in [0.4, 0.5) is 5.82 Å². The topological polar surface area (TPSA) is 94.0 Å². The highest BCUT2D eigenvalue weighted by Gasteiger charge is 2.30. The second-order valence-corrected chi connectivity index (χ2v) is 10.7. The van der Waals surface area contributed by atoms with E-state index in [1.807, 2.05) is 17.8 Å². The van der Waals surface area contributed by atoms with Crippen LogP contribution in [-0.4, -0.2) is 26.4 Å². The summed E-state index contributed by atoms with van der Waals surface area (Å²) in [5.74, 6) is 2.36. The number of nitrogens with one attached hydrogen (secondary N) is 1. The smallest absolute Gasteiger partial charge is 0.230 e. The highest BCUT2D eigenvalue weighted by molar-refractivity contribution is 8.00. The first-order valence-electron chi connectivity index (χ1n) is 8.55. The molecule has 9 heteroatoms. The van der Waals surface area contributed by atoms with Gasteiger partial charge in [0, 0.05) is 15.4 Å². The molecule has 0 bridgehead atoms. The van der Waals surface area contributed by atoms with E-state index in [0.717, 1.165) is 28.2 Å². The Hall–Kier alpha value is -1.71. The van der Waals surface area contributed by atoms with Crippen LogP contribution in [0, 0.1) is 0 Å². The molecule has 3 aromatic rings. The predicted molar refractivity (Wildman–Crippen MR) is 112 cm³/mol. The average molecular weight is 421 g/mol. The van der Waals surface area contributed by atoms with Gasteiger partial charge in [0.25, 0.3) is 0 Å². The van der Waals surface area contributed by atoms with Crippen molar-refractivity contribution in [1.82, 2.24) is 15.3 Å². The normalized spacial score (nSPS) is 15.6. The molecular weight excluding hydrogens is 400 g/mol. The van der Waals surface area contributed by atoms with E-state index in [2.05, 4.69) is 29.1 Å². The van der Waals surface area contributed by atoms with E-state index in [0.29, 0.717) is 17.5 Å². The number of carbonyl (C=O) groups is 1. The summed E-state index contributed by atoms with van der Waals surface area (Å²) in [7, 11) is 0. The zero-order valence-corrected chi connectivity index (χ0v) is 17.5. The summed E-state index contributed by atoms with van der Waals surface area (Å²) in [6.45, 7) is 4.89. The lowest BCUT2D eigenvalue weighted by atomic mass is 9.99. The van der Waals surface area contributed by atoms with E-state index >= 15 is 0 Å². The fourth-order valence-electron chi connectivity index (χ4n) is 3.00. The van der Waals surface area contributed by atoms with E-state index in [-0.39, 0.29) is 16.4 Å². The number of rotatable bonds is 5. The fourth-order valence-corrected chi connectivity index (χ4v) is 6.08. The molecule has 4 rings (SSSR count). The number of hydrogen-bond acceptors (Lipinski definition) is 8. The maximum absolute atomic E-state index is 12.0. The highest BCUT2D eigenvalue weighted by Crippen LogP contribution is 2.45. The minimum atomic E-state index is -0.0951. The third-order valence-corrected chi connectivity index (χ3v) is 7.83. The summed E-state index contributed by atoms with van der Waals surface area (Å²) in [4.78, 5) is 23.4. The Labute approximate surface area is 169 Å². The molecule has 0 atom stereocenters. The van der Waals surface area contributed by atoms with Gasteiger partial charge in [0.1, 0.15) is 16.4 Å². The summed E-state index contributed by atoms with van der Waals surface area (Å²) in [5, 5.41) is 4.35. The monoisotopic (exact) mass is 420 g/mol. The standard InChI is InChI=1S/C18H20N4O2S3/c1-18(2)6-11-12(8-26-18)27-16-14(11)15(19)21-17(22-16)25-9-13(23)20-7-10-4-3-5-24-10/h3-5H,6-9H2,1-2H3,(H,20,23)(H2,19,21,22). The Bertz CT molecular complexity index is 982. The van der Waals surface area contributed by atoms with Crippen LogP contribution in [0.25, 0.3) is 10.2 Å². The molecule has 1 aliphatic heterocycles. The van der Waals surface area contributed by atoms with Crippen molar-refractivity contribution in [3.63, 3.8) is 0 Å². The number of furan rings is 1. The number of nitrogen functional groups attached to an aromatic ring is 1. The molecule has 27 heavy (non-hydrogen) atoms. The van der Waals surface area contributed by atoms with Crippen LogP contribution < -0.4 is 11.1 Å². The molecule has 0 spiro atoms. The number of nitrogens with zero attached hydrogens (tertiary/aromatic N) is 2. The zero-order chi connectivity index (χ0) is 19.0. The molecule has 4 heterocycles. The Kier molecular flexibility index (Phi) is 5.09. The molecule has 142 valence electrons. The van der Waals surface area contributed by atoms with Crippen LogP contribution >= 0.6 is 34.9 Å². The van der Waals surface area contributed by atoms with Gasteiger partial charge >= 0.3 is 0 Å². The van der Waals surface area contributed by atoms with Crippen molar-refractivity contribution in [1.29, 1.82) is 0 Å². The van der Waals surface area contributed by atoms with Gasteiger partial charge in [0.05, 0.1) is 23.9 Å². The summed E-state index contributed by atoms with van der Waals surface area (Å²) >= 11 is 4.95. The molecule has 0 unspecified atom stereocenters. The lowest BCUT2D eigenvalue weighted by Gasteiger charge is -2.28. The van der Waals surface area contributed by atoms with Gasteiger partial charge in [-0.15, -0.1) is 23.1 Å². The van der Waals surface area contributed by atoms with Crippen molar-refractivity contribution < 1.29 is 9.21 Å². The minimum absolute atomic E-state index is 0.0951. The first-order chi connectivity index (χ1) is 12.9. The Balaban J connectivity index is 1.46. The third kappa shape index (κ3) is 4.09. The number of hydrogen-bond donors (Lipinski definition) is 2. The lowest BCUT2D eigenvalue weighted by molar-refractivity contribution is -0.118. The molecule has 0 fully saturated rings. The van der Waals surface area contributed by atoms with Gasteiger partial charge < -0.3 is 15.5 Å².